The molecule has 0 bridgehead atoms. The van der Waals surface area contributed by atoms with E-state index in [-0.39, 0.29) is 11.3 Å². The second-order valence-electron chi connectivity index (χ2n) is 9.41. The summed E-state index contributed by atoms with van der Waals surface area (Å²) in [7, 11) is 0. The molecule has 4 heteroatoms. The van der Waals surface area contributed by atoms with E-state index in [1.807, 2.05) is 0 Å². The molecule has 160 valence electrons. The standard InChI is InChI=1S/C28H27N3O/c1-4-30-23-11-7-5-9-20(23)21-14-13-19(17-25(21)30)15-16-28-27(2,3)22-10-6-8-12-24(22)31(28)18-26(32)29-28/h5-17H,4,18H2,1-3H3,(H,29,32)/b16-15+/t28-/m1/s1. The number of para-hydroxylation sites is 2. The minimum atomic E-state index is -0.569. The fourth-order valence-electron chi connectivity index (χ4n) is 5.87. The molecule has 3 aromatic carbocycles. The van der Waals surface area contributed by atoms with Crippen LogP contribution in [-0.4, -0.2) is 22.7 Å². The van der Waals surface area contributed by atoms with E-state index >= 15 is 0 Å². The van der Waals surface area contributed by atoms with Crippen LogP contribution in [0.15, 0.2) is 72.8 Å². The summed E-state index contributed by atoms with van der Waals surface area (Å²) < 4.78 is 2.37. The lowest BCUT2D eigenvalue weighted by Gasteiger charge is -2.40. The molecule has 4 nitrogen and oxygen atoms in total. The monoisotopic (exact) mass is 421 g/mol. The van der Waals surface area contributed by atoms with Crippen LogP contribution in [0.4, 0.5) is 5.69 Å². The van der Waals surface area contributed by atoms with Crippen LogP contribution >= 0.6 is 0 Å². The first-order valence-corrected chi connectivity index (χ1v) is 11.3. The van der Waals surface area contributed by atoms with Gasteiger partial charge in [-0.15, -0.1) is 0 Å². The molecule has 1 fully saturated rings. The predicted molar refractivity (Wildman–Crippen MR) is 132 cm³/mol. The van der Waals surface area contributed by atoms with Crippen molar-refractivity contribution >= 4 is 39.5 Å². The van der Waals surface area contributed by atoms with Crippen molar-refractivity contribution in [2.75, 3.05) is 11.4 Å². The van der Waals surface area contributed by atoms with Crippen LogP contribution in [0.2, 0.25) is 0 Å². The Morgan fingerprint density at radius 3 is 2.56 bits per heavy atom. The molecule has 0 aliphatic carbocycles. The van der Waals surface area contributed by atoms with Gasteiger partial charge in [-0.05, 0) is 42.3 Å². The smallest absolute Gasteiger partial charge is 0.241 e. The number of aryl methyl sites for hydroxylation is 1. The van der Waals surface area contributed by atoms with Gasteiger partial charge in [-0.1, -0.05) is 68.5 Å². The zero-order valence-electron chi connectivity index (χ0n) is 18.7. The molecule has 2 aliphatic rings. The lowest BCUT2D eigenvalue weighted by Crippen LogP contribution is -2.58. The van der Waals surface area contributed by atoms with Crippen LogP contribution in [0.1, 0.15) is 31.9 Å². The summed E-state index contributed by atoms with van der Waals surface area (Å²) in [6, 6.07) is 23.7. The number of carbonyl (C=O) groups excluding carboxylic acids is 1. The van der Waals surface area contributed by atoms with E-state index in [4.69, 9.17) is 0 Å². The van der Waals surface area contributed by atoms with Crippen LogP contribution in [0.25, 0.3) is 27.9 Å². The number of hydrogen-bond donors (Lipinski definition) is 1. The molecule has 1 aromatic heterocycles. The molecule has 4 aromatic rings. The van der Waals surface area contributed by atoms with Gasteiger partial charge in [0.2, 0.25) is 5.91 Å². The zero-order chi connectivity index (χ0) is 22.1. The van der Waals surface area contributed by atoms with Gasteiger partial charge in [0.05, 0.1) is 6.54 Å². The fraction of sp³-hybridized carbons (Fsp3) is 0.250. The molecule has 3 heterocycles. The third-order valence-corrected chi connectivity index (χ3v) is 7.51. The minimum Gasteiger partial charge on any atom is -0.341 e. The van der Waals surface area contributed by atoms with Gasteiger partial charge in [-0.3, -0.25) is 4.79 Å². The van der Waals surface area contributed by atoms with Crippen molar-refractivity contribution in [2.45, 2.75) is 38.4 Å². The SMILES string of the molecule is CCn1c2ccccc2c2ccc(/C=C/[C@@]34NC(=O)CN3c3ccccc3C4(C)C)cc21. The second-order valence-corrected chi connectivity index (χ2v) is 9.41. The van der Waals surface area contributed by atoms with Gasteiger partial charge in [0, 0.05) is 39.5 Å². The van der Waals surface area contributed by atoms with E-state index < -0.39 is 5.66 Å². The number of nitrogens with zero attached hydrogens (tertiary/aromatic N) is 2. The highest BCUT2D eigenvalue weighted by Gasteiger charge is 2.59. The minimum absolute atomic E-state index is 0.0683. The topological polar surface area (TPSA) is 37.3 Å². The quantitative estimate of drug-likeness (QED) is 0.477. The summed E-state index contributed by atoms with van der Waals surface area (Å²) in [5.41, 5.74) is 5.24. The number of nitrogens with one attached hydrogen (secondary N) is 1. The van der Waals surface area contributed by atoms with Crippen molar-refractivity contribution in [1.29, 1.82) is 0 Å². The number of amides is 1. The van der Waals surface area contributed by atoms with Gasteiger partial charge in [-0.2, -0.15) is 0 Å². The van der Waals surface area contributed by atoms with Gasteiger partial charge in [0.15, 0.2) is 0 Å². The van der Waals surface area contributed by atoms with Crippen molar-refractivity contribution in [1.82, 2.24) is 9.88 Å². The van der Waals surface area contributed by atoms with Gasteiger partial charge in [0.1, 0.15) is 5.66 Å². The van der Waals surface area contributed by atoms with E-state index in [9.17, 15) is 4.79 Å². The van der Waals surface area contributed by atoms with Crippen LogP contribution in [0.3, 0.4) is 0 Å². The first-order valence-electron chi connectivity index (χ1n) is 11.3. The molecule has 1 amide bonds. The van der Waals surface area contributed by atoms with Gasteiger partial charge in [-0.25, -0.2) is 0 Å². The number of benzene rings is 3. The van der Waals surface area contributed by atoms with Crippen LogP contribution in [0.5, 0.6) is 0 Å². The molecule has 1 N–H and O–H groups in total. The van der Waals surface area contributed by atoms with E-state index in [2.05, 4.69) is 114 Å². The maximum atomic E-state index is 12.5. The summed E-state index contributed by atoms with van der Waals surface area (Å²) in [5, 5.41) is 5.88. The molecule has 0 radical (unpaired) electrons. The summed E-state index contributed by atoms with van der Waals surface area (Å²) in [6.45, 7) is 7.94. The average Bonchev–Trinajstić information content (AvgIpc) is 3.37. The Morgan fingerprint density at radius 1 is 0.969 bits per heavy atom. The third kappa shape index (κ3) is 2.35. The molecule has 0 saturated carbocycles. The number of aromatic nitrogens is 1. The molecule has 1 saturated heterocycles. The highest BCUT2D eigenvalue weighted by molar-refractivity contribution is 6.08. The Kier molecular flexibility index (Phi) is 3.89. The lowest BCUT2D eigenvalue weighted by atomic mass is 9.75. The Bertz CT molecular complexity index is 1430. The maximum absolute atomic E-state index is 12.5. The summed E-state index contributed by atoms with van der Waals surface area (Å²) in [6.07, 6.45) is 4.36. The van der Waals surface area contributed by atoms with Crippen molar-refractivity contribution in [3.8, 4) is 0 Å². The molecule has 0 unspecified atom stereocenters. The Morgan fingerprint density at radius 2 is 1.72 bits per heavy atom. The van der Waals surface area contributed by atoms with Gasteiger partial charge < -0.3 is 14.8 Å². The predicted octanol–water partition coefficient (Wildman–Crippen LogP) is 5.45. The first-order chi connectivity index (χ1) is 15.5. The summed E-state index contributed by atoms with van der Waals surface area (Å²) in [5.74, 6) is 0.0683. The average molecular weight is 422 g/mol. The highest BCUT2D eigenvalue weighted by atomic mass is 16.2. The molecule has 32 heavy (non-hydrogen) atoms. The number of hydrogen-bond acceptors (Lipinski definition) is 2. The molecular formula is C28H27N3O. The van der Waals surface area contributed by atoms with Crippen molar-refractivity contribution < 1.29 is 4.79 Å². The zero-order valence-corrected chi connectivity index (χ0v) is 18.7. The second kappa shape index (κ2) is 6.49. The molecule has 1 atom stereocenters. The van der Waals surface area contributed by atoms with Crippen LogP contribution < -0.4 is 10.2 Å². The maximum Gasteiger partial charge on any atom is 0.241 e. The normalized spacial score (nSPS) is 21.5. The Balaban J connectivity index is 1.48. The van der Waals surface area contributed by atoms with Crippen LogP contribution in [-0.2, 0) is 16.8 Å². The molecular weight excluding hydrogens is 394 g/mol. The van der Waals surface area contributed by atoms with Gasteiger partial charge in [0.25, 0.3) is 0 Å². The van der Waals surface area contributed by atoms with E-state index in [1.165, 1.54) is 27.4 Å². The van der Waals surface area contributed by atoms with E-state index in [0.717, 1.165) is 17.8 Å². The number of rotatable bonds is 3. The van der Waals surface area contributed by atoms with Gasteiger partial charge >= 0.3 is 0 Å². The Labute approximate surface area is 188 Å². The Hall–Kier alpha value is -3.53. The molecule has 0 spiro atoms. The van der Waals surface area contributed by atoms with Crippen molar-refractivity contribution in [3.63, 3.8) is 0 Å². The summed E-state index contributed by atoms with van der Waals surface area (Å²) in [4.78, 5) is 14.8. The van der Waals surface area contributed by atoms with E-state index in [0.29, 0.717) is 6.54 Å². The first kappa shape index (κ1) is 19.2. The third-order valence-electron chi connectivity index (χ3n) is 7.51. The number of fused-ring (bicyclic) bond motifs is 6. The largest absolute Gasteiger partial charge is 0.341 e. The summed E-state index contributed by atoms with van der Waals surface area (Å²) >= 11 is 0. The number of carbonyl (C=O) groups is 1. The highest BCUT2D eigenvalue weighted by Crippen LogP contribution is 2.52. The molecule has 2 aliphatic heterocycles. The van der Waals surface area contributed by atoms with Crippen LogP contribution in [0, 0.1) is 0 Å². The molecule has 6 rings (SSSR count). The fourth-order valence-corrected chi connectivity index (χ4v) is 5.87. The lowest BCUT2D eigenvalue weighted by molar-refractivity contribution is -0.118. The van der Waals surface area contributed by atoms with Crippen molar-refractivity contribution in [3.05, 3.63) is 83.9 Å². The van der Waals surface area contributed by atoms with Crippen molar-refractivity contribution in [2.24, 2.45) is 0 Å². The van der Waals surface area contributed by atoms with E-state index in [1.54, 1.807) is 0 Å². The number of anilines is 1.